The average Bonchev–Trinajstić information content (AvgIpc) is 2.91. The highest BCUT2D eigenvalue weighted by Gasteiger charge is 2.50. The van der Waals surface area contributed by atoms with Crippen LogP contribution in [-0.4, -0.2) is 13.6 Å². The van der Waals surface area contributed by atoms with Gasteiger partial charge < -0.3 is 5.32 Å². The van der Waals surface area contributed by atoms with Gasteiger partial charge in [0.25, 0.3) is 0 Å². The number of rotatable bonds is 4. The van der Waals surface area contributed by atoms with Gasteiger partial charge in [0.05, 0.1) is 0 Å². The Balaban J connectivity index is 1.81. The first-order valence-electron chi connectivity index (χ1n) is 7.01. The largest absolute Gasteiger partial charge is 0.319 e. The predicted octanol–water partition coefficient (Wildman–Crippen LogP) is 3.25. The molecule has 2 bridgehead atoms. The molecule has 1 nitrogen and oxygen atoms in total. The van der Waals surface area contributed by atoms with Crippen LogP contribution in [0.5, 0.6) is 0 Å². The van der Waals surface area contributed by atoms with Crippen molar-refractivity contribution in [3.8, 4) is 0 Å². The van der Waals surface area contributed by atoms with Crippen molar-refractivity contribution in [2.24, 2.45) is 17.3 Å². The summed E-state index contributed by atoms with van der Waals surface area (Å²) in [5, 5.41) is 3.46. The Morgan fingerprint density at radius 3 is 2.65 bits per heavy atom. The first kappa shape index (κ1) is 11.3. The fraction of sp³-hybridized carbons (Fsp3) is 0.625. The van der Waals surface area contributed by atoms with E-state index >= 15 is 0 Å². The van der Waals surface area contributed by atoms with E-state index in [1.165, 1.54) is 44.2 Å². The molecular formula is C16H23N. The van der Waals surface area contributed by atoms with Gasteiger partial charge in [-0.15, -0.1) is 0 Å². The van der Waals surface area contributed by atoms with E-state index in [4.69, 9.17) is 0 Å². The molecule has 1 aromatic carbocycles. The lowest BCUT2D eigenvalue weighted by Crippen LogP contribution is -2.39. The molecule has 0 radical (unpaired) electrons. The summed E-state index contributed by atoms with van der Waals surface area (Å²) in [5.74, 6) is 2.00. The van der Waals surface area contributed by atoms with Gasteiger partial charge in [-0.25, -0.2) is 0 Å². The second-order valence-electron chi connectivity index (χ2n) is 6.14. The zero-order valence-electron chi connectivity index (χ0n) is 10.8. The number of benzene rings is 1. The van der Waals surface area contributed by atoms with E-state index in [0.29, 0.717) is 5.41 Å². The normalized spacial score (nSPS) is 35.4. The molecule has 0 heterocycles. The number of hydrogen-bond donors (Lipinski definition) is 1. The van der Waals surface area contributed by atoms with Gasteiger partial charge >= 0.3 is 0 Å². The van der Waals surface area contributed by atoms with Crippen LogP contribution in [0.4, 0.5) is 0 Å². The zero-order valence-corrected chi connectivity index (χ0v) is 10.8. The lowest BCUT2D eigenvalue weighted by molar-refractivity contribution is 0.160. The van der Waals surface area contributed by atoms with Gasteiger partial charge in [-0.2, -0.15) is 0 Å². The minimum absolute atomic E-state index is 0.555. The van der Waals surface area contributed by atoms with Crippen LogP contribution in [0.2, 0.25) is 0 Å². The summed E-state index contributed by atoms with van der Waals surface area (Å²) in [6.45, 7) is 1.20. The van der Waals surface area contributed by atoms with E-state index in [0.717, 1.165) is 11.8 Å². The van der Waals surface area contributed by atoms with Crippen LogP contribution >= 0.6 is 0 Å². The molecule has 3 rings (SSSR count). The molecule has 3 atom stereocenters. The minimum atomic E-state index is 0.555. The number of hydrogen-bond acceptors (Lipinski definition) is 1. The van der Waals surface area contributed by atoms with Gasteiger partial charge in [0.1, 0.15) is 0 Å². The molecule has 92 valence electrons. The van der Waals surface area contributed by atoms with Gasteiger partial charge in [-0.05, 0) is 55.5 Å². The SMILES string of the molecule is CNCC1(Cc2ccccc2)CC2CCC1C2. The van der Waals surface area contributed by atoms with Crippen molar-refractivity contribution < 1.29 is 0 Å². The number of fused-ring (bicyclic) bond motifs is 2. The smallest absolute Gasteiger partial charge is 0.00108 e. The molecule has 1 N–H and O–H groups in total. The van der Waals surface area contributed by atoms with E-state index in [9.17, 15) is 0 Å². The molecule has 0 aliphatic heterocycles. The Kier molecular flexibility index (Phi) is 2.96. The highest BCUT2D eigenvalue weighted by molar-refractivity contribution is 5.19. The van der Waals surface area contributed by atoms with Crippen molar-refractivity contribution in [3.63, 3.8) is 0 Å². The summed E-state index contributed by atoms with van der Waals surface area (Å²) in [6, 6.07) is 11.1. The minimum Gasteiger partial charge on any atom is -0.319 e. The summed E-state index contributed by atoms with van der Waals surface area (Å²) in [5.41, 5.74) is 2.08. The van der Waals surface area contributed by atoms with E-state index in [2.05, 4.69) is 42.7 Å². The fourth-order valence-corrected chi connectivity index (χ4v) is 4.41. The molecule has 2 aliphatic carbocycles. The Morgan fingerprint density at radius 2 is 2.06 bits per heavy atom. The van der Waals surface area contributed by atoms with Crippen molar-refractivity contribution in [2.75, 3.05) is 13.6 Å². The maximum absolute atomic E-state index is 3.46. The van der Waals surface area contributed by atoms with E-state index in [-0.39, 0.29) is 0 Å². The molecule has 17 heavy (non-hydrogen) atoms. The van der Waals surface area contributed by atoms with Gasteiger partial charge in [0, 0.05) is 6.54 Å². The first-order valence-corrected chi connectivity index (χ1v) is 7.01. The Hall–Kier alpha value is -0.820. The van der Waals surface area contributed by atoms with Gasteiger partial charge in [-0.3, -0.25) is 0 Å². The standard InChI is InChI=1S/C16H23N/c1-17-12-16(10-13-5-3-2-4-6-13)11-14-7-8-15(16)9-14/h2-6,14-15,17H,7-12H2,1H3. The summed E-state index contributed by atoms with van der Waals surface area (Å²) in [7, 11) is 2.11. The molecular weight excluding hydrogens is 206 g/mol. The van der Waals surface area contributed by atoms with Crippen molar-refractivity contribution in [2.45, 2.75) is 32.1 Å². The molecule has 3 unspecified atom stereocenters. The Bertz CT molecular complexity index is 372. The van der Waals surface area contributed by atoms with Crippen LogP contribution in [-0.2, 0) is 6.42 Å². The molecule has 0 amide bonds. The second-order valence-corrected chi connectivity index (χ2v) is 6.14. The van der Waals surface area contributed by atoms with Crippen LogP contribution in [0.15, 0.2) is 30.3 Å². The van der Waals surface area contributed by atoms with Gasteiger partial charge in [0.15, 0.2) is 0 Å². The molecule has 0 aromatic heterocycles. The summed E-state index contributed by atoms with van der Waals surface area (Å²) < 4.78 is 0. The van der Waals surface area contributed by atoms with Crippen LogP contribution in [0.1, 0.15) is 31.2 Å². The number of nitrogens with one attached hydrogen (secondary N) is 1. The van der Waals surface area contributed by atoms with Crippen molar-refractivity contribution in [1.82, 2.24) is 5.32 Å². The monoisotopic (exact) mass is 229 g/mol. The highest BCUT2D eigenvalue weighted by Crippen LogP contribution is 2.56. The van der Waals surface area contributed by atoms with Gasteiger partial charge in [-0.1, -0.05) is 36.8 Å². The van der Waals surface area contributed by atoms with E-state index < -0.39 is 0 Å². The maximum atomic E-state index is 3.46. The molecule has 2 aliphatic rings. The quantitative estimate of drug-likeness (QED) is 0.835. The molecule has 1 heteroatoms. The van der Waals surface area contributed by atoms with Gasteiger partial charge in [0.2, 0.25) is 0 Å². The average molecular weight is 229 g/mol. The highest BCUT2D eigenvalue weighted by atomic mass is 14.8. The summed E-state index contributed by atoms with van der Waals surface area (Å²) >= 11 is 0. The van der Waals surface area contributed by atoms with E-state index in [1.54, 1.807) is 0 Å². The zero-order chi connectivity index (χ0) is 11.7. The van der Waals surface area contributed by atoms with Crippen LogP contribution in [0.3, 0.4) is 0 Å². The molecule has 2 fully saturated rings. The van der Waals surface area contributed by atoms with Crippen molar-refractivity contribution in [3.05, 3.63) is 35.9 Å². The molecule has 1 aromatic rings. The van der Waals surface area contributed by atoms with Crippen LogP contribution in [0, 0.1) is 17.3 Å². The molecule has 0 saturated heterocycles. The van der Waals surface area contributed by atoms with E-state index in [1.807, 2.05) is 0 Å². The topological polar surface area (TPSA) is 12.0 Å². The summed E-state index contributed by atoms with van der Waals surface area (Å²) in [6.07, 6.45) is 7.18. The summed E-state index contributed by atoms with van der Waals surface area (Å²) in [4.78, 5) is 0. The Labute approximate surface area is 105 Å². The van der Waals surface area contributed by atoms with Crippen molar-refractivity contribution >= 4 is 0 Å². The van der Waals surface area contributed by atoms with Crippen LogP contribution in [0.25, 0.3) is 0 Å². The first-order chi connectivity index (χ1) is 8.32. The van der Waals surface area contributed by atoms with Crippen LogP contribution < -0.4 is 5.32 Å². The maximum Gasteiger partial charge on any atom is 0.00108 e. The lowest BCUT2D eigenvalue weighted by Gasteiger charge is -2.38. The third-order valence-corrected chi connectivity index (χ3v) is 5.03. The lowest BCUT2D eigenvalue weighted by atomic mass is 9.69. The molecule has 2 saturated carbocycles. The molecule has 0 spiro atoms. The third-order valence-electron chi connectivity index (χ3n) is 5.03. The predicted molar refractivity (Wildman–Crippen MR) is 72.0 cm³/mol. The Morgan fingerprint density at radius 1 is 1.24 bits per heavy atom. The second kappa shape index (κ2) is 4.45. The van der Waals surface area contributed by atoms with Crippen molar-refractivity contribution in [1.29, 1.82) is 0 Å². The third kappa shape index (κ3) is 2.01. The fourth-order valence-electron chi connectivity index (χ4n) is 4.41.